The average molecular weight is 364 g/mol. The van der Waals surface area contributed by atoms with Crippen molar-refractivity contribution in [3.8, 4) is 11.5 Å². The molecule has 6 nitrogen and oxygen atoms in total. The van der Waals surface area contributed by atoms with Crippen LogP contribution < -0.4 is 15.6 Å². The molecule has 138 valence electrons. The van der Waals surface area contributed by atoms with E-state index in [1.54, 1.807) is 54.6 Å². The first kappa shape index (κ1) is 18.3. The second kappa shape index (κ2) is 7.78. The van der Waals surface area contributed by atoms with Crippen LogP contribution in [0.15, 0.2) is 66.0 Å². The van der Waals surface area contributed by atoms with Crippen molar-refractivity contribution >= 4 is 22.5 Å². The summed E-state index contributed by atoms with van der Waals surface area (Å²) in [5.41, 5.74) is 0.155. The summed E-state index contributed by atoms with van der Waals surface area (Å²) < 4.78 is 6.78. The highest BCUT2D eigenvalue weighted by atomic mass is 16.5. The molecule has 0 aliphatic rings. The quantitative estimate of drug-likeness (QED) is 0.656. The van der Waals surface area contributed by atoms with Gasteiger partial charge in [-0.2, -0.15) is 0 Å². The molecule has 0 fully saturated rings. The van der Waals surface area contributed by atoms with Crippen molar-refractivity contribution in [3.05, 3.63) is 77.1 Å². The smallest absolute Gasteiger partial charge is 0.268 e. The van der Waals surface area contributed by atoms with Gasteiger partial charge in [0.05, 0.1) is 12.1 Å². The van der Waals surface area contributed by atoms with Crippen LogP contribution in [0.3, 0.4) is 0 Å². The molecule has 0 spiro atoms. The predicted octanol–water partition coefficient (Wildman–Crippen LogP) is 3.54. The first-order chi connectivity index (χ1) is 13.1. The van der Waals surface area contributed by atoms with Crippen molar-refractivity contribution in [1.29, 1.82) is 0 Å². The molecule has 0 radical (unpaired) electrons. The molecule has 0 aliphatic heterocycles. The fourth-order valence-corrected chi connectivity index (χ4v) is 2.90. The lowest BCUT2D eigenvalue weighted by Crippen LogP contribution is -2.29. The van der Waals surface area contributed by atoms with E-state index in [0.29, 0.717) is 28.9 Å². The minimum atomic E-state index is -0.676. The van der Waals surface area contributed by atoms with E-state index in [0.717, 1.165) is 0 Å². The number of nitrogens with zero attached hydrogens (tertiary/aromatic N) is 1. The molecule has 0 saturated heterocycles. The number of benzene rings is 2. The zero-order chi connectivity index (χ0) is 19.4. The van der Waals surface area contributed by atoms with Crippen LogP contribution in [-0.2, 0) is 6.54 Å². The number of carbonyl (C=O) groups excluding carboxylic acids is 1. The van der Waals surface area contributed by atoms with Gasteiger partial charge in [0.2, 0.25) is 0 Å². The number of amides is 1. The second-order valence-electron chi connectivity index (χ2n) is 5.86. The Kier molecular flexibility index (Phi) is 5.26. The standard InChI is InChI=1S/C21H20N2O4/c1-3-13-23-17-8-6-5-7-16(17)19(24)18(21(23)26)20(25)22-14-9-11-15(12-10-14)27-4-2/h3,5-12,24H,1,4,13H2,2H3,(H,22,25). The number of hydrogen-bond acceptors (Lipinski definition) is 4. The Morgan fingerprint density at radius 2 is 1.93 bits per heavy atom. The minimum Gasteiger partial charge on any atom is -0.506 e. The van der Waals surface area contributed by atoms with Crippen molar-refractivity contribution in [1.82, 2.24) is 4.57 Å². The number of allylic oxidation sites excluding steroid dienone is 1. The number of carbonyl (C=O) groups is 1. The summed E-state index contributed by atoms with van der Waals surface area (Å²) in [6.07, 6.45) is 1.57. The number of ether oxygens (including phenoxy) is 1. The Morgan fingerprint density at radius 3 is 2.59 bits per heavy atom. The van der Waals surface area contributed by atoms with Gasteiger partial charge in [0, 0.05) is 17.6 Å². The molecule has 3 rings (SSSR count). The van der Waals surface area contributed by atoms with Gasteiger partial charge >= 0.3 is 0 Å². The molecule has 1 heterocycles. The van der Waals surface area contributed by atoms with Gasteiger partial charge in [0.25, 0.3) is 11.5 Å². The maximum absolute atomic E-state index is 12.8. The third-order valence-electron chi connectivity index (χ3n) is 4.11. The Balaban J connectivity index is 2.03. The SMILES string of the molecule is C=CCn1c(=O)c(C(=O)Nc2ccc(OCC)cc2)c(O)c2ccccc21. The number of anilines is 1. The Bertz CT molecular complexity index is 1050. The first-order valence-electron chi connectivity index (χ1n) is 8.56. The van der Waals surface area contributed by atoms with Crippen LogP contribution in [0, 0.1) is 0 Å². The lowest BCUT2D eigenvalue weighted by atomic mass is 10.1. The fraction of sp³-hybridized carbons (Fsp3) is 0.143. The van der Waals surface area contributed by atoms with E-state index in [1.807, 2.05) is 6.92 Å². The lowest BCUT2D eigenvalue weighted by Gasteiger charge is -2.14. The first-order valence-corrected chi connectivity index (χ1v) is 8.56. The number of rotatable bonds is 6. The van der Waals surface area contributed by atoms with E-state index in [9.17, 15) is 14.7 Å². The summed E-state index contributed by atoms with van der Waals surface area (Å²) in [5, 5.41) is 13.6. The third kappa shape index (κ3) is 3.55. The van der Waals surface area contributed by atoms with Gasteiger partial charge in [-0.15, -0.1) is 6.58 Å². The molecule has 6 heteroatoms. The van der Waals surface area contributed by atoms with Gasteiger partial charge in [-0.25, -0.2) is 0 Å². The molecular weight excluding hydrogens is 344 g/mol. The van der Waals surface area contributed by atoms with E-state index in [1.165, 1.54) is 4.57 Å². The van der Waals surface area contributed by atoms with Gasteiger partial charge in [-0.05, 0) is 43.3 Å². The van der Waals surface area contributed by atoms with E-state index in [-0.39, 0.29) is 17.9 Å². The van der Waals surface area contributed by atoms with Crippen LogP contribution in [-0.4, -0.2) is 22.2 Å². The number of aromatic nitrogens is 1. The summed E-state index contributed by atoms with van der Waals surface area (Å²) in [7, 11) is 0. The minimum absolute atomic E-state index is 0.225. The average Bonchev–Trinajstić information content (AvgIpc) is 2.67. The monoisotopic (exact) mass is 364 g/mol. The van der Waals surface area contributed by atoms with Crippen LogP contribution in [0.2, 0.25) is 0 Å². The van der Waals surface area contributed by atoms with E-state index < -0.39 is 11.5 Å². The summed E-state index contributed by atoms with van der Waals surface area (Å²) in [4.78, 5) is 25.6. The van der Waals surface area contributed by atoms with Crippen molar-refractivity contribution in [2.75, 3.05) is 11.9 Å². The maximum Gasteiger partial charge on any atom is 0.268 e. The predicted molar refractivity (Wildman–Crippen MR) is 106 cm³/mol. The Hall–Kier alpha value is -3.54. The van der Waals surface area contributed by atoms with Crippen molar-refractivity contribution in [2.45, 2.75) is 13.5 Å². The highest BCUT2D eigenvalue weighted by Gasteiger charge is 2.22. The molecule has 0 unspecified atom stereocenters. The van der Waals surface area contributed by atoms with Crippen molar-refractivity contribution in [3.63, 3.8) is 0 Å². The zero-order valence-corrected chi connectivity index (χ0v) is 14.9. The molecule has 1 aromatic heterocycles. The summed E-state index contributed by atoms with van der Waals surface area (Å²) in [6.45, 7) is 6.31. The molecule has 2 N–H and O–H groups in total. The molecule has 0 aliphatic carbocycles. The zero-order valence-electron chi connectivity index (χ0n) is 14.9. The molecule has 2 aromatic carbocycles. The Labute approximate surface area is 156 Å². The number of para-hydroxylation sites is 1. The number of aromatic hydroxyl groups is 1. The van der Waals surface area contributed by atoms with Crippen LogP contribution in [0.1, 0.15) is 17.3 Å². The van der Waals surface area contributed by atoms with Gasteiger partial charge in [0.15, 0.2) is 0 Å². The number of fused-ring (bicyclic) bond motifs is 1. The van der Waals surface area contributed by atoms with E-state index >= 15 is 0 Å². The number of nitrogens with one attached hydrogen (secondary N) is 1. The molecule has 0 atom stereocenters. The highest BCUT2D eigenvalue weighted by Crippen LogP contribution is 2.27. The van der Waals surface area contributed by atoms with Crippen LogP contribution >= 0.6 is 0 Å². The van der Waals surface area contributed by atoms with Crippen LogP contribution in [0.4, 0.5) is 5.69 Å². The van der Waals surface area contributed by atoms with E-state index in [4.69, 9.17) is 4.74 Å². The lowest BCUT2D eigenvalue weighted by molar-refractivity contribution is 0.102. The van der Waals surface area contributed by atoms with Gasteiger partial charge in [-0.1, -0.05) is 18.2 Å². The molecule has 0 bridgehead atoms. The van der Waals surface area contributed by atoms with Gasteiger partial charge in [-0.3, -0.25) is 9.59 Å². The Morgan fingerprint density at radius 1 is 1.22 bits per heavy atom. The van der Waals surface area contributed by atoms with E-state index in [2.05, 4.69) is 11.9 Å². The second-order valence-corrected chi connectivity index (χ2v) is 5.86. The van der Waals surface area contributed by atoms with Crippen molar-refractivity contribution in [2.24, 2.45) is 0 Å². The number of hydrogen-bond donors (Lipinski definition) is 2. The normalized spacial score (nSPS) is 10.6. The van der Waals surface area contributed by atoms with Crippen LogP contribution in [0.5, 0.6) is 11.5 Å². The van der Waals surface area contributed by atoms with Gasteiger partial charge < -0.3 is 19.7 Å². The highest BCUT2D eigenvalue weighted by molar-refractivity contribution is 6.09. The van der Waals surface area contributed by atoms with Crippen LogP contribution in [0.25, 0.3) is 10.9 Å². The fourth-order valence-electron chi connectivity index (χ4n) is 2.90. The van der Waals surface area contributed by atoms with Crippen molar-refractivity contribution < 1.29 is 14.6 Å². The summed E-state index contributed by atoms with van der Waals surface area (Å²) in [6, 6.07) is 13.7. The maximum atomic E-state index is 12.8. The molecule has 3 aromatic rings. The molecule has 1 amide bonds. The summed E-state index contributed by atoms with van der Waals surface area (Å²) in [5.74, 6) is -0.332. The molecule has 27 heavy (non-hydrogen) atoms. The molecular formula is C21H20N2O4. The topological polar surface area (TPSA) is 80.6 Å². The summed E-state index contributed by atoms with van der Waals surface area (Å²) >= 11 is 0. The largest absolute Gasteiger partial charge is 0.506 e. The molecule has 0 saturated carbocycles. The van der Waals surface area contributed by atoms with Gasteiger partial charge in [0.1, 0.15) is 17.1 Å². The third-order valence-corrected chi connectivity index (χ3v) is 4.11. The number of pyridine rings is 1.